The lowest BCUT2D eigenvalue weighted by Crippen LogP contribution is -2.53. The Balaban J connectivity index is 1.69. The van der Waals surface area contributed by atoms with Crippen molar-refractivity contribution in [1.82, 2.24) is 14.7 Å². The van der Waals surface area contributed by atoms with Crippen molar-refractivity contribution in [3.05, 3.63) is 71.8 Å². The molecule has 0 aliphatic carbocycles. The summed E-state index contributed by atoms with van der Waals surface area (Å²) >= 11 is 0. The van der Waals surface area contributed by atoms with Crippen molar-refractivity contribution in [3.8, 4) is 0 Å². The van der Waals surface area contributed by atoms with Gasteiger partial charge in [-0.1, -0.05) is 60.7 Å². The molecule has 1 saturated heterocycles. The van der Waals surface area contributed by atoms with E-state index in [9.17, 15) is 9.59 Å². The summed E-state index contributed by atoms with van der Waals surface area (Å²) in [5, 5.41) is 0. The van der Waals surface area contributed by atoms with Crippen molar-refractivity contribution >= 4 is 11.8 Å². The molecule has 1 aliphatic rings. The molecular weight excluding hydrogens is 352 g/mol. The lowest BCUT2D eigenvalue weighted by molar-refractivity contribution is -0.153. The zero-order valence-corrected chi connectivity index (χ0v) is 16.2. The molecule has 0 atom stereocenters. The monoisotopic (exact) mass is 380 g/mol. The van der Waals surface area contributed by atoms with Crippen LogP contribution >= 0.6 is 0 Å². The molecule has 28 heavy (non-hydrogen) atoms. The van der Waals surface area contributed by atoms with Gasteiger partial charge in [-0.15, -0.1) is 0 Å². The maximum Gasteiger partial charge on any atom is 0.312 e. The van der Waals surface area contributed by atoms with Crippen LogP contribution in [0.1, 0.15) is 11.1 Å². The van der Waals surface area contributed by atoms with E-state index in [0.29, 0.717) is 32.7 Å². The quantitative estimate of drug-likeness (QED) is 0.768. The fourth-order valence-corrected chi connectivity index (χ4v) is 3.43. The maximum absolute atomic E-state index is 13.1. The minimum absolute atomic E-state index is 0.410. The number of carbonyl (C=O) groups is 2. The van der Waals surface area contributed by atoms with Gasteiger partial charge in [-0.3, -0.25) is 14.5 Å². The van der Waals surface area contributed by atoms with Gasteiger partial charge >= 0.3 is 11.8 Å². The zero-order chi connectivity index (χ0) is 19.8. The standard InChI is InChI=1S/C22H28N4O2/c23-11-12-24-13-15-25(16-14-24)21(27)22(28)26(17-19-7-3-1-4-8-19)18-20-9-5-2-6-10-20/h1-10H,11-18,23H2. The highest BCUT2D eigenvalue weighted by Gasteiger charge is 2.29. The summed E-state index contributed by atoms with van der Waals surface area (Å²) in [6.07, 6.45) is 0. The van der Waals surface area contributed by atoms with E-state index in [-0.39, 0.29) is 0 Å². The highest BCUT2D eigenvalue weighted by molar-refractivity contribution is 6.34. The van der Waals surface area contributed by atoms with Gasteiger partial charge in [0, 0.05) is 52.4 Å². The molecule has 0 aromatic heterocycles. The maximum atomic E-state index is 13.1. The van der Waals surface area contributed by atoms with E-state index in [4.69, 9.17) is 5.73 Å². The highest BCUT2D eigenvalue weighted by Crippen LogP contribution is 2.12. The molecule has 0 spiro atoms. The summed E-state index contributed by atoms with van der Waals surface area (Å²) in [6, 6.07) is 19.6. The topological polar surface area (TPSA) is 69.9 Å². The second-order valence-electron chi connectivity index (χ2n) is 7.05. The molecule has 6 nitrogen and oxygen atoms in total. The van der Waals surface area contributed by atoms with Crippen molar-refractivity contribution in [2.45, 2.75) is 13.1 Å². The first kappa shape index (κ1) is 20.0. The molecular formula is C22H28N4O2. The Morgan fingerprint density at radius 3 is 1.79 bits per heavy atom. The Bertz CT molecular complexity index is 717. The Hall–Kier alpha value is -2.70. The number of piperazine rings is 1. The van der Waals surface area contributed by atoms with Crippen molar-refractivity contribution in [3.63, 3.8) is 0 Å². The molecule has 1 fully saturated rings. The number of carbonyl (C=O) groups excluding carboxylic acids is 2. The zero-order valence-electron chi connectivity index (χ0n) is 16.2. The van der Waals surface area contributed by atoms with Crippen LogP contribution in [0.25, 0.3) is 0 Å². The molecule has 6 heteroatoms. The minimum atomic E-state index is -0.444. The highest BCUT2D eigenvalue weighted by atomic mass is 16.2. The van der Waals surface area contributed by atoms with E-state index in [1.807, 2.05) is 60.7 Å². The second-order valence-corrected chi connectivity index (χ2v) is 7.05. The molecule has 2 aromatic carbocycles. The predicted octanol–water partition coefficient (Wildman–Crippen LogP) is 1.32. The smallest absolute Gasteiger partial charge is 0.312 e. The van der Waals surface area contributed by atoms with Crippen molar-refractivity contribution in [2.75, 3.05) is 39.3 Å². The van der Waals surface area contributed by atoms with Crippen LogP contribution in [0.15, 0.2) is 60.7 Å². The third-order valence-electron chi connectivity index (χ3n) is 5.01. The first-order chi connectivity index (χ1) is 13.7. The molecule has 3 rings (SSSR count). The number of benzene rings is 2. The Morgan fingerprint density at radius 1 is 0.821 bits per heavy atom. The molecule has 1 aliphatic heterocycles. The first-order valence-electron chi connectivity index (χ1n) is 9.76. The van der Waals surface area contributed by atoms with Gasteiger partial charge in [-0.05, 0) is 11.1 Å². The van der Waals surface area contributed by atoms with E-state index < -0.39 is 11.8 Å². The summed E-state index contributed by atoms with van der Waals surface area (Å²) in [6.45, 7) is 4.89. The Kier molecular flexibility index (Phi) is 7.17. The van der Waals surface area contributed by atoms with Crippen molar-refractivity contribution in [2.24, 2.45) is 5.73 Å². The lowest BCUT2D eigenvalue weighted by atomic mass is 10.1. The fraction of sp³-hybridized carbons (Fsp3) is 0.364. The van der Waals surface area contributed by atoms with Gasteiger partial charge in [0.15, 0.2) is 0 Å². The third-order valence-corrected chi connectivity index (χ3v) is 5.01. The summed E-state index contributed by atoms with van der Waals surface area (Å²) in [5.74, 6) is -0.862. The fourth-order valence-electron chi connectivity index (χ4n) is 3.43. The van der Waals surface area contributed by atoms with E-state index in [1.54, 1.807) is 9.80 Å². The molecule has 0 radical (unpaired) electrons. The average molecular weight is 380 g/mol. The molecule has 1 heterocycles. The normalized spacial score (nSPS) is 14.7. The van der Waals surface area contributed by atoms with Gasteiger partial charge in [0.05, 0.1) is 0 Å². The third kappa shape index (κ3) is 5.41. The largest absolute Gasteiger partial charge is 0.332 e. The Morgan fingerprint density at radius 2 is 1.32 bits per heavy atom. The Labute approximate surface area is 166 Å². The molecule has 2 aromatic rings. The number of rotatable bonds is 6. The van der Waals surface area contributed by atoms with Gasteiger partial charge in [0.2, 0.25) is 0 Å². The molecule has 0 bridgehead atoms. The predicted molar refractivity (Wildman–Crippen MR) is 109 cm³/mol. The van der Waals surface area contributed by atoms with Gasteiger partial charge in [-0.2, -0.15) is 0 Å². The van der Waals surface area contributed by atoms with Crippen LogP contribution in [0, 0.1) is 0 Å². The summed E-state index contributed by atoms with van der Waals surface area (Å²) in [4.78, 5) is 31.5. The van der Waals surface area contributed by atoms with Crippen LogP contribution in [-0.2, 0) is 22.7 Å². The molecule has 148 valence electrons. The second kappa shape index (κ2) is 10.0. The summed E-state index contributed by atoms with van der Waals surface area (Å²) in [5.41, 5.74) is 7.62. The molecule has 2 N–H and O–H groups in total. The SMILES string of the molecule is NCCN1CCN(C(=O)C(=O)N(Cc2ccccc2)Cc2ccccc2)CC1. The number of amides is 2. The number of nitrogens with two attached hydrogens (primary N) is 1. The van der Waals surface area contributed by atoms with Gasteiger partial charge in [0.25, 0.3) is 0 Å². The van der Waals surface area contributed by atoms with E-state index >= 15 is 0 Å². The van der Waals surface area contributed by atoms with Crippen LogP contribution in [0.4, 0.5) is 0 Å². The van der Waals surface area contributed by atoms with Crippen molar-refractivity contribution in [1.29, 1.82) is 0 Å². The lowest BCUT2D eigenvalue weighted by Gasteiger charge is -2.35. The number of nitrogens with zero attached hydrogens (tertiary/aromatic N) is 3. The van der Waals surface area contributed by atoms with E-state index in [2.05, 4.69) is 4.90 Å². The van der Waals surface area contributed by atoms with Crippen LogP contribution in [0.5, 0.6) is 0 Å². The minimum Gasteiger partial charge on any atom is -0.332 e. The van der Waals surface area contributed by atoms with Gasteiger partial charge in [-0.25, -0.2) is 0 Å². The van der Waals surface area contributed by atoms with Crippen molar-refractivity contribution < 1.29 is 9.59 Å². The number of hydrogen-bond acceptors (Lipinski definition) is 4. The van der Waals surface area contributed by atoms with Crippen LogP contribution in [-0.4, -0.2) is 65.8 Å². The van der Waals surface area contributed by atoms with Gasteiger partial charge in [0.1, 0.15) is 0 Å². The average Bonchev–Trinajstić information content (AvgIpc) is 2.74. The molecule has 0 unspecified atom stereocenters. The first-order valence-corrected chi connectivity index (χ1v) is 9.76. The van der Waals surface area contributed by atoms with Gasteiger partial charge < -0.3 is 15.5 Å². The number of hydrogen-bond donors (Lipinski definition) is 1. The van der Waals surface area contributed by atoms with Crippen LogP contribution < -0.4 is 5.73 Å². The van der Waals surface area contributed by atoms with Crippen LogP contribution in [0.3, 0.4) is 0 Å². The van der Waals surface area contributed by atoms with Crippen LogP contribution in [0.2, 0.25) is 0 Å². The van der Waals surface area contributed by atoms with E-state index in [0.717, 1.165) is 30.8 Å². The summed E-state index contributed by atoms with van der Waals surface area (Å²) < 4.78 is 0. The molecule has 2 amide bonds. The van der Waals surface area contributed by atoms with E-state index in [1.165, 1.54) is 0 Å². The molecule has 0 saturated carbocycles. The summed E-state index contributed by atoms with van der Waals surface area (Å²) in [7, 11) is 0.